The zero-order valence-corrected chi connectivity index (χ0v) is 13.0. The summed E-state index contributed by atoms with van der Waals surface area (Å²) in [4.78, 5) is 15.3. The van der Waals surface area contributed by atoms with E-state index in [9.17, 15) is 4.79 Å². The minimum atomic E-state index is -0.917. The fourth-order valence-electron chi connectivity index (χ4n) is 2.88. The average molecular weight is 288 g/mol. The molecule has 1 atom stereocenters. The van der Waals surface area contributed by atoms with Crippen LogP contribution < -0.4 is 4.90 Å². The van der Waals surface area contributed by atoms with E-state index in [0.717, 1.165) is 17.7 Å². The quantitative estimate of drug-likeness (QED) is 0.846. The number of likely N-dealkylation sites (N-methyl/N-ethyl adjacent to an activating group) is 2. The molecule has 0 bridgehead atoms. The molecule has 4 nitrogen and oxygen atoms in total. The van der Waals surface area contributed by atoms with Gasteiger partial charge >= 0.3 is 5.97 Å². The van der Waals surface area contributed by atoms with Crippen molar-refractivity contribution < 1.29 is 9.90 Å². The Balaban J connectivity index is 2.06. The van der Waals surface area contributed by atoms with E-state index < -0.39 is 5.97 Å². The van der Waals surface area contributed by atoms with Gasteiger partial charge in [0.25, 0.3) is 0 Å². The number of hydrogen-bond donors (Lipinski definition) is 1. The highest BCUT2D eigenvalue weighted by atomic mass is 16.4. The highest BCUT2D eigenvalue weighted by Gasteiger charge is 2.22. The number of carbonyl (C=O) groups is 1. The maximum absolute atomic E-state index is 10.6. The highest BCUT2D eigenvalue weighted by Crippen LogP contribution is 2.22. The van der Waals surface area contributed by atoms with E-state index in [4.69, 9.17) is 5.11 Å². The van der Waals surface area contributed by atoms with Gasteiger partial charge in [-0.15, -0.1) is 0 Å². The summed E-state index contributed by atoms with van der Waals surface area (Å²) in [5.41, 5.74) is 3.23. The van der Waals surface area contributed by atoms with E-state index in [1.165, 1.54) is 31.1 Å². The second kappa shape index (κ2) is 6.76. The SMILES string of the molecule is Cc1cc(N(C)CC2CCCN2C)ccc1C=CC(=O)O. The zero-order valence-electron chi connectivity index (χ0n) is 13.0. The van der Waals surface area contributed by atoms with Crippen molar-refractivity contribution >= 4 is 17.7 Å². The molecule has 0 amide bonds. The molecule has 1 aromatic rings. The Bertz CT molecular complexity index is 540. The summed E-state index contributed by atoms with van der Waals surface area (Å²) in [7, 11) is 4.31. The first kappa shape index (κ1) is 15.6. The van der Waals surface area contributed by atoms with Crippen molar-refractivity contribution in [1.82, 2.24) is 4.90 Å². The van der Waals surface area contributed by atoms with Gasteiger partial charge in [-0.05, 0) is 62.7 Å². The smallest absolute Gasteiger partial charge is 0.328 e. The molecular formula is C17H24N2O2. The first-order chi connectivity index (χ1) is 9.97. The van der Waals surface area contributed by atoms with Crippen molar-refractivity contribution in [3.63, 3.8) is 0 Å². The van der Waals surface area contributed by atoms with Gasteiger partial charge in [-0.1, -0.05) is 6.07 Å². The lowest BCUT2D eigenvalue weighted by atomic mass is 10.1. The predicted octanol–water partition coefficient (Wildman–Crippen LogP) is 2.62. The van der Waals surface area contributed by atoms with Crippen LogP contribution in [0.5, 0.6) is 0 Å². The summed E-state index contributed by atoms with van der Waals surface area (Å²) in [5.74, 6) is -0.917. The molecule has 0 aliphatic carbocycles. The van der Waals surface area contributed by atoms with Crippen molar-refractivity contribution in [1.29, 1.82) is 0 Å². The van der Waals surface area contributed by atoms with Crippen LogP contribution in [0.4, 0.5) is 5.69 Å². The van der Waals surface area contributed by atoms with Crippen molar-refractivity contribution in [2.24, 2.45) is 0 Å². The van der Waals surface area contributed by atoms with Crippen LogP contribution >= 0.6 is 0 Å². The Kier molecular flexibility index (Phi) is 5.02. The van der Waals surface area contributed by atoms with Crippen LogP contribution in [-0.4, -0.2) is 49.2 Å². The minimum absolute atomic E-state index is 0.627. The van der Waals surface area contributed by atoms with Gasteiger partial charge in [0.1, 0.15) is 0 Å². The number of aliphatic carboxylic acids is 1. The third-order valence-corrected chi connectivity index (χ3v) is 4.26. The molecule has 0 radical (unpaired) electrons. The normalized spacial score (nSPS) is 19.3. The first-order valence-electron chi connectivity index (χ1n) is 7.40. The molecule has 1 aliphatic rings. The lowest BCUT2D eigenvalue weighted by molar-refractivity contribution is -0.131. The lowest BCUT2D eigenvalue weighted by Gasteiger charge is -2.27. The van der Waals surface area contributed by atoms with Crippen LogP contribution in [-0.2, 0) is 4.79 Å². The Labute approximate surface area is 126 Å². The fraction of sp³-hybridized carbons (Fsp3) is 0.471. The van der Waals surface area contributed by atoms with Crippen LogP contribution in [0.25, 0.3) is 6.08 Å². The number of carboxylic acid groups (broad SMARTS) is 1. The molecule has 1 unspecified atom stereocenters. The largest absolute Gasteiger partial charge is 0.478 e. The third-order valence-electron chi connectivity index (χ3n) is 4.26. The Morgan fingerprint density at radius 3 is 2.86 bits per heavy atom. The second-order valence-corrected chi connectivity index (χ2v) is 5.87. The molecule has 114 valence electrons. The van der Waals surface area contributed by atoms with Crippen molar-refractivity contribution in [3.05, 3.63) is 35.4 Å². The zero-order chi connectivity index (χ0) is 15.4. The molecule has 1 fully saturated rings. The molecule has 0 aromatic heterocycles. The molecule has 1 aromatic carbocycles. The highest BCUT2D eigenvalue weighted by molar-refractivity contribution is 5.85. The number of benzene rings is 1. The summed E-state index contributed by atoms with van der Waals surface area (Å²) in [6.07, 6.45) is 5.37. The van der Waals surface area contributed by atoms with Crippen LogP contribution in [0, 0.1) is 6.92 Å². The van der Waals surface area contributed by atoms with Crippen LogP contribution in [0.15, 0.2) is 24.3 Å². The number of rotatable bonds is 5. The van der Waals surface area contributed by atoms with Crippen LogP contribution in [0.3, 0.4) is 0 Å². The number of anilines is 1. The Morgan fingerprint density at radius 1 is 1.52 bits per heavy atom. The maximum atomic E-state index is 10.6. The second-order valence-electron chi connectivity index (χ2n) is 5.87. The Hall–Kier alpha value is -1.81. The molecule has 0 saturated carbocycles. The summed E-state index contributed by atoms with van der Waals surface area (Å²) < 4.78 is 0. The van der Waals surface area contributed by atoms with Gasteiger partial charge in [0.05, 0.1) is 0 Å². The standard InChI is InChI=1S/C17H24N2O2/c1-13-11-15(8-6-14(13)7-9-17(20)21)19(3)12-16-5-4-10-18(16)2/h6-9,11,16H,4-5,10,12H2,1-3H3,(H,20,21). The third kappa shape index (κ3) is 4.08. The summed E-state index contributed by atoms with van der Waals surface area (Å²) in [5, 5.41) is 8.69. The van der Waals surface area contributed by atoms with Crippen molar-refractivity contribution in [2.75, 3.05) is 32.1 Å². The summed E-state index contributed by atoms with van der Waals surface area (Å²) in [6, 6.07) is 6.79. The van der Waals surface area contributed by atoms with Crippen LogP contribution in [0.1, 0.15) is 24.0 Å². The molecule has 1 aliphatic heterocycles. The Morgan fingerprint density at radius 2 is 2.29 bits per heavy atom. The molecule has 21 heavy (non-hydrogen) atoms. The molecule has 2 rings (SSSR count). The predicted molar refractivity (Wildman–Crippen MR) is 86.8 cm³/mol. The number of carboxylic acids is 1. The van der Waals surface area contributed by atoms with Gasteiger partial charge < -0.3 is 14.9 Å². The summed E-state index contributed by atoms with van der Waals surface area (Å²) >= 11 is 0. The molecule has 0 spiro atoms. The maximum Gasteiger partial charge on any atom is 0.328 e. The fourth-order valence-corrected chi connectivity index (χ4v) is 2.88. The number of aryl methyl sites for hydroxylation is 1. The van der Waals surface area contributed by atoms with E-state index >= 15 is 0 Å². The number of hydrogen-bond acceptors (Lipinski definition) is 3. The monoisotopic (exact) mass is 288 g/mol. The number of nitrogens with zero attached hydrogens (tertiary/aromatic N) is 2. The minimum Gasteiger partial charge on any atom is -0.478 e. The molecule has 1 N–H and O–H groups in total. The average Bonchev–Trinajstić information content (AvgIpc) is 2.82. The van der Waals surface area contributed by atoms with E-state index in [2.05, 4.69) is 36.0 Å². The van der Waals surface area contributed by atoms with E-state index in [-0.39, 0.29) is 0 Å². The van der Waals surface area contributed by atoms with Gasteiger partial charge in [-0.3, -0.25) is 0 Å². The summed E-state index contributed by atoms with van der Waals surface area (Å²) in [6.45, 7) is 4.23. The van der Waals surface area contributed by atoms with Gasteiger partial charge in [0.2, 0.25) is 0 Å². The molecule has 4 heteroatoms. The topological polar surface area (TPSA) is 43.8 Å². The van der Waals surface area contributed by atoms with Gasteiger partial charge in [-0.2, -0.15) is 0 Å². The van der Waals surface area contributed by atoms with Crippen molar-refractivity contribution in [2.45, 2.75) is 25.8 Å². The first-order valence-corrected chi connectivity index (χ1v) is 7.40. The molecular weight excluding hydrogens is 264 g/mol. The van der Waals surface area contributed by atoms with E-state index in [1.54, 1.807) is 6.08 Å². The van der Waals surface area contributed by atoms with E-state index in [1.807, 2.05) is 13.0 Å². The molecule has 1 heterocycles. The molecule has 1 saturated heterocycles. The van der Waals surface area contributed by atoms with E-state index in [0.29, 0.717) is 6.04 Å². The van der Waals surface area contributed by atoms with Crippen molar-refractivity contribution in [3.8, 4) is 0 Å². The van der Waals surface area contributed by atoms with Gasteiger partial charge in [0, 0.05) is 31.4 Å². The van der Waals surface area contributed by atoms with Gasteiger partial charge in [-0.25, -0.2) is 4.79 Å². The number of likely N-dealkylation sites (tertiary alicyclic amines) is 1. The van der Waals surface area contributed by atoms with Crippen LogP contribution in [0.2, 0.25) is 0 Å². The lowest BCUT2D eigenvalue weighted by Crippen LogP contribution is -2.36. The van der Waals surface area contributed by atoms with Gasteiger partial charge in [0.15, 0.2) is 0 Å².